The molecule has 7 nitrogen and oxygen atoms in total. The predicted octanol–water partition coefficient (Wildman–Crippen LogP) is 2.77. The summed E-state index contributed by atoms with van der Waals surface area (Å²) < 4.78 is 44.4. The van der Waals surface area contributed by atoms with E-state index in [4.69, 9.17) is 4.74 Å². The van der Waals surface area contributed by atoms with Crippen LogP contribution in [0.4, 0.5) is 10.2 Å². The van der Waals surface area contributed by atoms with Gasteiger partial charge < -0.3 is 10.1 Å². The minimum Gasteiger partial charge on any atom is -0.481 e. The van der Waals surface area contributed by atoms with E-state index in [0.29, 0.717) is 16.9 Å². The number of carbonyl (C=O) groups excluding carboxylic acids is 1. The lowest BCUT2D eigenvalue weighted by molar-refractivity contribution is -0.118. The average Bonchev–Trinajstić information content (AvgIpc) is 3.14. The molecule has 0 spiro atoms. The van der Waals surface area contributed by atoms with Crippen molar-refractivity contribution in [2.75, 3.05) is 11.9 Å². The molecule has 9 heteroatoms. The number of amides is 1. The normalized spacial score (nSPS) is 14.4. The standard InChI is InChI=1S/C20H18FN3O4S/c1-13-6-8-14(9-7-13)24-20(15-11-29(26,27)12-17(15)23-24)22-19(25)10-28-18-5-3-2-4-16(18)21/h2-9H,10-12H2,1H3,(H,22,25). The number of hydrogen-bond donors (Lipinski definition) is 1. The van der Waals surface area contributed by atoms with Crippen molar-refractivity contribution in [3.63, 3.8) is 0 Å². The number of fused-ring (bicyclic) bond motifs is 1. The van der Waals surface area contributed by atoms with Gasteiger partial charge in [0.25, 0.3) is 5.91 Å². The minimum atomic E-state index is -3.29. The van der Waals surface area contributed by atoms with Crippen molar-refractivity contribution >= 4 is 21.6 Å². The van der Waals surface area contributed by atoms with E-state index in [-0.39, 0.29) is 23.1 Å². The predicted molar refractivity (Wildman–Crippen MR) is 105 cm³/mol. The first-order valence-corrected chi connectivity index (χ1v) is 10.7. The molecule has 0 bridgehead atoms. The number of hydrogen-bond acceptors (Lipinski definition) is 5. The van der Waals surface area contributed by atoms with Crippen LogP contribution >= 0.6 is 0 Å². The molecule has 1 aliphatic heterocycles. The second-order valence-corrected chi connectivity index (χ2v) is 8.89. The Morgan fingerprint density at radius 1 is 1.17 bits per heavy atom. The van der Waals surface area contributed by atoms with Crippen LogP contribution in [0.25, 0.3) is 5.69 Å². The van der Waals surface area contributed by atoms with Gasteiger partial charge in [-0.15, -0.1) is 0 Å². The second-order valence-electron chi connectivity index (χ2n) is 6.82. The summed E-state index contributed by atoms with van der Waals surface area (Å²) in [6.07, 6.45) is 0. The molecule has 3 aromatic rings. The first-order valence-electron chi connectivity index (χ1n) is 8.88. The molecule has 0 saturated carbocycles. The number of ether oxygens (including phenoxy) is 1. The molecule has 0 aliphatic carbocycles. The Bertz CT molecular complexity index is 1190. The Labute approximate surface area is 167 Å². The molecule has 29 heavy (non-hydrogen) atoms. The third kappa shape index (κ3) is 4.00. The van der Waals surface area contributed by atoms with Gasteiger partial charge in [-0.2, -0.15) is 5.10 Å². The summed E-state index contributed by atoms with van der Waals surface area (Å²) in [6, 6.07) is 13.2. The number of sulfone groups is 1. The zero-order chi connectivity index (χ0) is 20.6. The van der Waals surface area contributed by atoms with Crippen LogP contribution in [0, 0.1) is 12.7 Å². The fourth-order valence-corrected chi connectivity index (χ4v) is 4.61. The lowest BCUT2D eigenvalue weighted by Crippen LogP contribution is -2.23. The Hall–Kier alpha value is -3.20. The molecule has 2 heterocycles. The summed E-state index contributed by atoms with van der Waals surface area (Å²) in [5.74, 6) is -1.24. The Kier molecular flexibility index (Phi) is 4.83. The number of benzene rings is 2. The highest BCUT2D eigenvalue weighted by molar-refractivity contribution is 7.90. The second kappa shape index (κ2) is 7.32. The number of aryl methyl sites for hydroxylation is 1. The van der Waals surface area contributed by atoms with Crippen molar-refractivity contribution < 1.29 is 22.3 Å². The van der Waals surface area contributed by atoms with Crippen LogP contribution in [0.5, 0.6) is 5.75 Å². The topological polar surface area (TPSA) is 90.3 Å². The van der Waals surface area contributed by atoms with E-state index in [0.717, 1.165) is 5.56 Å². The van der Waals surface area contributed by atoms with Crippen molar-refractivity contribution in [3.8, 4) is 11.4 Å². The molecule has 2 aromatic carbocycles. The van der Waals surface area contributed by atoms with Gasteiger partial charge >= 0.3 is 0 Å². The maximum absolute atomic E-state index is 13.7. The SMILES string of the molecule is Cc1ccc(-n2nc3c(c2NC(=O)COc2ccccc2F)CS(=O)(=O)C3)cc1. The molecule has 0 saturated heterocycles. The van der Waals surface area contributed by atoms with Crippen molar-refractivity contribution in [3.05, 3.63) is 71.2 Å². The summed E-state index contributed by atoms with van der Waals surface area (Å²) in [7, 11) is -3.29. The molecule has 4 rings (SSSR count). The number of carbonyl (C=O) groups is 1. The van der Waals surface area contributed by atoms with E-state index >= 15 is 0 Å². The van der Waals surface area contributed by atoms with Gasteiger partial charge in [0.1, 0.15) is 5.82 Å². The lowest BCUT2D eigenvalue weighted by atomic mass is 10.2. The maximum Gasteiger partial charge on any atom is 0.263 e. The lowest BCUT2D eigenvalue weighted by Gasteiger charge is -2.12. The van der Waals surface area contributed by atoms with E-state index in [2.05, 4.69) is 10.4 Å². The summed E-state index contributed by atoms with van der Waals surface area (Å²) in [5, 5.41) is 7.07. The number of anilines is 1. The first-order chi connectivity index (χ1) is 13.8. The molecule has 1 amide bonds. The van der Waals surface area contributed by atoms with Gasteiger partial charge in [0, 0.05) is 5.56 Å². The van der Waals surface area contributed by atoms with Crippen LogP contribution < -0.4 is 10.1 Å². The van der Waals surface area contributed by atoms with Gasteiger partial charge in [-0.25, -0.2) is 17.5 Å². The molecule has 0 fully saturated rings. The summed E-state index contributed by atoms with van der Waals surface area (Å²) >= 11 is 0. The molecular formula is C20H18FN3O4S. The van der Waals surface area contributed by atoms with Gasteiger partial charge in [-0.1, -0.05) is 29.8 Å². The molecule has 0 radical (unpaired) electrons. The van der Waals surface area contributed by atoms with Gasteiger partial charge in [-0.3, -0.25) is 4.79 Å². The van der Waals surface area contributed by atoms with Gasteiger partial charge in [-0.05, 0) is 31.2 Å². The fourth-order valence-electron chi connectivity index (χ4n) is 3.12. The Morgan fingerprint density at radius 3 is 2.62 bits per heavy atom. The highest BCUT2D eigenvalue weighted by Gasteiger charge is 2.33. The Morgan fingerprint density at radius 2 is 1.90 bits per heavy atom. The highest BCUT2D eigenvalue weighted by Crippen LogP contribution is 2.33. The summed E-state index contributed by atoms with van der Waals surface area (Å²) in [4.78, 5) is 12.4. The number of nitrogens with zero attached hydrogens (tertiary/aromatic N) is 2. The van der Waals surface area contributed by atoms with Crippen molar-refractivity contribution in [2.45, 2.75) is 18.4 Å². The van der Waals surface area contributed by atoms with Crippen LogP contribution in [-0.2, 0) is 26.1 Å². The van der Waals surface area contributed by atoms with Crippen LogP contribution in [0.3, 0.4) is 0 Å². The third-order valence-corrected chi connectivity index (χ3v) is 5.96. The van der Waals surface area contributed by atoms with Crippen LogP contribution in [0.1, 0.15) is 16.8 Å². The first kappa shape index (κ1) is 19.1. The number of rotatable bonds is 5. The number of para-hydroxylation sites is 1. The quantitative estimate of drug-likeness (QED) is 0.692. The third-order valence-electron chi connectivity index (χ3n) is 4.52. The largest absolute Gasteiger partial charge is 0.481 e. The van der Waals surface area contributed by atoms with Crippen molar-refractivity contribution in [1.29, 1.82) is 0 Å². The van der Waals surface area contributed by atoms with Crippen molar-refractivity contribution in [1.82, 2.24) is 9.78 Å². The molecule has 0 unspecified atom stereocenters. The van der Waals surface area contributed by atoms with E-state index in [9.17, 15) is 17.6 Å². The molecule has 0 atom stereocenters. The highest BCUT2D eigenvalue weighted by atomic mass is 32.2. The van der Waals surface area contributed by atoms with Gasteiger partial charge in [0.15, 0.2) is 28.0 Å². The minimum absolute atomic E-state index is 0.0394. The maximum atomic E-state index is 13.7. The number of halogens is 1. The van der Waals surface area contributed by atoms with E-state index < -0.39 is 28.2 Å². The van der Waals surface area contributed by atoms with Crippen LogP contribution in [-0.4, -0.2) is 30.7 Å². The molecule has 1 N–H and O–H groups in total. The van der Waals surface area contributed by atoms with E-state index in [1.807, 2.05) is 31.2 Å². The fraction of sp³-hybridized carbons (Fsp3) is 0.200. The molecular weight excluding hydrogens is 397 g/mol. The smallest absolute Gasteiger partial charge is 0.263 e. The van der Waals surface area contributed by atoms with Gasteiger partial charge in [0.05, 0.1) is 22.9 Å². The van der Waals surface area contributed by atoms with Crippen molar-refractivity contribution in [2.24, 2.45) is 0 Å². The summed E-state index contributed by atoms with van der Waals surface area (Å²) in [5.41, 5.74) is 2.62. The molecule has 1 aliphatic rings. The van der Waals surface area contributed by atoms with Crippen LogP contribution in [0.2, 0.25) is 0 Å². The number of nitrogens with one attached hydrogen (secondary N) is 1. The van der Waals surface area contributed by atoms with E-state index in [1.54, 1.807) is 6.07 Å². The zero-order valence-corrected chi connectivity index (χ0v) is 16.4. The number of aromatic nitrogens is 2. The average molecular weight is 415 g/mol. The van der Waals surface area contributed by atoms with Gasteiger partial charge in [0.2, 0.25) is 0 Å². The Balaban J connectivity index is 1.61. The molecule has 150 valence electrons. The zero-order valence-electron chi connectivity index (χ0n) is 15.6. The van der Waals surface area contributed by atoms with E-state index in [1.165, 1.54) is 22.9 Å². The summed E-state index contributed by atoms with van der Waals surface area (Å²) in [6.45, 7) is 1.52. The molecule has 1 aromatic heterocycles. The van der Waals surface area contributed by atoms with Crippen LogP contribution in [0.15, 0.2) is 48.5 Å². The monoisotopic (exact) mass is 415 g/mol.